The monoisotopic (exact) mass is 276 g/mol. The number of amides is 1. The molecule has 5 nitrogen and oxygen atoms in total. The number of hydrogen-bond donors (Lipinski definition) is 2. The molecule has 0 aromatic heterocycles. The second kappa shape index (κ2) is 8.20. The van der Waals surface area contributed by atoms with Crippen LogP contribution in [-0.4, -0.2) is 32.3 Å². The average Bonchev–Trinajstić information content (AvgIpc) is 2.43. The summed E-state index contributed by atoms with van der Waals surface area (Å²) in [5.41, 5.74) is 6.66. The smallest absolute Gasteiger partial charge is 0.250 e. The van der Waals surface area contributed by atoms with E-state index < -0.39 is 0 Å². The summed E-state index contributed by atoms with van der Waals surface area (Å²) in [7, 11) is 1.54. The molecule has 0 bridgehead atoms. The van der Waals surface area contributed by atoms with Crippen LogP contribution in [0.1, 0.15) is 19.4 Å². The van der Waals surface area contributed by atoms with Crippen LogP contribution in [0.4, 0.5) is 5.69 Å². The van der Waals surface area contributed by atoms with Crippen molar-refractivity contribution in [2.75, 3.05) is 25.6 Å². The van der Waals surface area contributed by atoms with Crippen molar-refractivity contribution in [3.63, 3.8) is 0 Å². The van der Waals surface area contributed by atoms with Crippen molar-refractivity contribution in [3.8, 4) is 17.6 Å². The number of nitrogens with one attached hydrogen (secondary N) is 1. The van der Waals surface area contributed by atoms with E-state index in [0.29, 0.717) is 11.4 Å². The molecule has 0 atom stereocenters. The Morgan fingerprint density at radius 1 is 1.45 bits per heavy atom. The van der Waals surface area contributed by atoms with Crippen molar-refractivity contribution >= 4 is 11.6 Å². The van der Waals surface area contributed by atoms with Gasteiger partial charge in [-0.2, -0.15) is 0 Å². The minimum atomic E-state index is -0.235. The Balaban J connectivity index is 2.82. The van der Waals surface area contributed by atoms with Gasteiger partial charge in [0.1, 0.15) is 12.4 Å². The third-order valence-corrected chi connectivity index (χ3v) is 2.36. The summed E-state index contributed by atoms with van der Waals surface area (Å²) in [5.74, 6) is 6.00. The predicted molar refractivity (Wildman–Crippen MR) is 78.6 cm³/mol. The van der Waals surface area contributed by atoms with Gasteiger partial charge < -0.3 is 20.5 Å². The molecule has 1 aromatic carbocycles. The topological polar surface area (TPSA) is 73.6 Å². The molecule has 0 radical (unpaired) electrons. The summed E-state index contributed by atoms with van der Waals surface area (Å²) in [6.45, 7) is 4.03. The van der Waals surface area contributed by atoms with Gasteiger partial charge in [0, 0.05) is 5.56 Å². The van der Waals surface area contributed by atoms with Crippen LogP contribution in [0.25, 0.3) is 0 Å². The second-order valence-corrected chi connectivity index (χ2v) is 4.33. The van der Waals surface area contributed by atoms with Crippen molar-refractivity contribution in [1.29, 1.82) is 0 Å². The van der Waals surface area contributed by atoms with Gasteiger partial charge in [0.05, 0.1) is 25.4 Å². The van der Waals surface area contributed by atoms with Crippen LogP contribution in [0.5, 0.6) is 5.75 Å². The highest BCUT2D eigenvalue weighted by atomic mass is 16.5. The first-order valence-corrected chi connectivity index (χ1v) is 6.35. The van der Waals surface area contributed by atoms with Gasteiger partial charge in [0.2, 0.25) is 5.91 Å². The first kappa shape index (κ1) is 16.0. The fourth-order valence-electron chi connectivity index (χ4n) is 1.47. The zero-order valence-corrected chi connectivity index (χ0v) is 12.0. The van der Waals surface area contributed by atoms with Gasteiger partial charge in [-0.3, -0.25) is 4.79 Å². The number of hydrogen-bond acceptors (Lipinski definition) is 4. The summed E-state index contributed by atoms with van der Waals surface area (Å²) in [6, 6.07) is 5.30. The van der Waals surface area contributed by atoms with E-state index in [0.717, 1.165) is 5.56 Å². The third-order valence-electron chi connectivity index (χ3n) is 2.36. The van der Waals surface area contributed by atoms with E-state index >= 15 is 0 Å². The zero-order chi connectivity index (χ0) is 15.0. The maximum absolute atomic E-state index is 11.8. The largest absolute Gasteiger partial charge is 0.495 e. The van der Waals surface area contributed by atoms with Gasteiger partial charge in [0.25, 0.3) is 0 Å². The molecule has 0 heterocycles. The lowest BCUT2D eigenvalue weighted by molar-refractivity contribution is -0.121. The Labute approximate surface area is 119 Å². The number of ether oxygens (including phenoxy) is 2. The van der Waals surface area contributed by atoms with E-state index in [-0.39, 0.29) is 25.2 Å². The maximum atomic E-state index is 11.8. The van der Waals surface area contributed by atoms with Gasteiger partial charge in [-0.05, 0) is 32.0 Å². The van der Waals surface area contributed by atoms with Gasteiger partial charge in [-0.1, -0.05) is 11.8 Å². The van der Waals surface area contributed by atoms with Crippen molar-refractivity contribution in [2.45, 2.75) is 20.0 Å². The highest BCUT2D eigenvalue weighted by molar-refractivity contribution is 5.93. The predicted octanol–water partition coefficient (Wildman–Crippen LogP) is 1.37. The molecule has 0 spiro atoms. The molecular formula is C15H20N2O3. The fraction of sp³-hybridized carbons (Fsp3) is 0.400. The molecule has 0 aliphatic rings. The SMILES string of the molecule is COc1ccc(C#CCN)cc1NC(=O)COC(C)C. The molecule has 3 N–H and O–H groups in total. The van der Waals surface area contributed by atoms with Crippen LogP contribution < -0.4 is 15.8 Å². The molecule has 0 aliphatic carbocycles. The molecule has 0 aliphatic heterocycles. The lowest BCUT2D eigenvalue weighted by Gasteiger charge is -2.12. The minimum absolute atomic E-state index is 0.000469. The highest BCUT2D eigenvalue weighted by Crippen LogP contribution is 2.25. The van der Waals surface area contributed by atoms with Gasteiger partial charge >= 0.3 is 0 Å². The maximum Gasteiger partial charge on any atom is 0.250 e. The normalized spacial score (nSPS) is 9.85. The number of carbonyl (C=O) groups is 1. The molecule has 0 saturated heterocycles. The molecule has 0 fully saturated rings. The van der Waals surface area contributed by atoms with E-state index in [9.17, 15) is 4.79 Å². The van der Waals surface area contributed by atoms with Crippen LogP contribution in [0.15, 0.2) is 18.2 Å². The van der Waals surface area contributed by atoms with Crippen LogP contribution >= 0.6 is 0 Å². The summed E-state index contributed by atoms with van der Waals surface area (Å²) in [6.07, 6.45) is 0.00407. The molecule has 5 heteroatoms. The summed E-state index contributed by atoms with van der Waals surface area (Å²) >= 11 is 0. The summed E-state index contributed by atoms with van der Waals surface area (Å²) in [4.78, 5) is 11.8. The number of rotatable bonds is 5. The Bertz CT molecular complexity index is 516. The van der Waals surface area contributed by atoms with Crippen LogP contribution in [0.2, 0.25) is 0 Å². The van der Waals surface area contributed by atoms with Crippen molar-refractivity contribution in [3.05, 3.63) is 23.8 Å². The quantitative estimate of drug-likeness (QED) is 0.797. The standard InChI is InChI=1S/C15H20N2O3/c1-11(2)20-10-15(18)17-13-9-12(5-4-8-16)6-7-14(13)19-3/h6-7,9,11H,8,10,16H2,1-3H3,(H,17,18). The van der Waals surface area contributed by atoms with Crippen molar-refractivity contribution in [1.82, 2.24) is 0 Å². The molecular weight excluding hydrogens is 256 g/mol. The summed E-state index contributed by atoms with van der Waals surface area (Å²) < 4.78 is 10.4. The van der Waals surface area contributed by atoms with Gasteiger partial charge in [0.15, 0.2) is 0 Å². The molecule has 108 valence electrons. The van der Waals surface area contributed by atoms with Gasteiger partial charge in [-0.25, -0.2) is 0 Å². The van der Waals surface area contributed by atoms with E-state index in [1.54, 1.807) is 19.2 Å². The first-order valence-electron chi connectivity index (χ1n) is 6.35. The summed E-state index contributed by atoms with van der Waals surface area (Å²) in [5, 5.41) is 2.75. The van der Waals surface area contributed by atoms with E-state index in [4.69, 9.17) is 15.2 Å². The Kier molecular flexibility index (Phi) is 6.57. The van der Waals surface area contributed by atoms with Crippen LogP contribution in [0.3, 0.4) is 0 Å². The Morgan fingerprint density at radius 3 is 2.80 bits per heavy atom. The molecule has 1 amide bonds. The average molecular weight is 276 g/mol. The minimum Gasteiger partial charge on any atom is -0.495 e. The Hall–Kier alpha value is -2.03. The molecule has 0 unspecified atom stereocenters. The first-order chi connectivity index (χ1) is 9.56. The number of nitrogens with two attached hydrogens (primary N) is 1. The van der Waals surface area contributed by atoms with E-state index in [1.165, 1.54) is 0 Å². The number of anilines is 1. The second-order valence-electron chi connectivity index (χ2n) is 4.33. The Morgan fingerprint density at radius 2 is 2.20 bits per heavy atom. The number of benzene rings is 1. The van der Waals surface area contributed by atoms with E-state index in [2.05, 4.69) is 17.2 Å². The molecule has 1 aromatic rings. The van der Waals surface area contributed by atoms with Crippen LogP contribution in [0, 0.1) is 11.8 Å². The molecule has 0 saturated carbocycles. The van der Waals surface area contributed by atoms with Crippen molar-refractivity contribution < 1.29 is 14.3 Å². The van der Waals surface area contributed by atoms with Crippen molar-refractivity contribution in [2.24, 2.45) is 5.73 Å². The van der Waals surface area contributed by atoms with E-state index in [1.807, 2.05) is 19.9 Å². The zero-order valence-electron chi connectivity index (χ0n) is 12.0. The molecule has 1 rings (SSSR count). The lowest BCUT2D eigenvalue weighted by atomic mass is 10.2. The number of carbonyl (C=O) groups excluding carboxylic acids is 1. The fourth-order valence-corrected chi connectivity index (χ4v) is 1.47. The van der Waals surface area contributed by atoms with Crippen LogP contribution in [-0.2, 0) is 9.53 Å². The number of methoxy groups -OCH3 is 1. The molecule has 20 heavy (non-hydrogen) atoms. The third kappa shape index (κ3) is 5.31. The van der Waals surface area contributed by atoms with Gasteiger partial charge in [-0.15, -0.1) is 0 Å². The lowest BCUT2D eigenvalue weighted by Crippen LogP contribution is -2.21. The highest BCUT2D eigenvalue weighted by Gasteiger charge is 2.09.